The van der Waals surface area contributed by atoms with Gasteiger partial charge in [-0.1, -0.05) is 0 Å². The Kier molecular flexibility index (Phi) is 2.80. The molecular formula is C5H8N2O3. The van der Waals surface area contributed by atoms with Crippen LogP contribution in [0.4, 0.5) is 0 Å². The molecule has 0 saturated carbocycles. The summed E-state index contributed by atoms with van der Waals surface area (Å²) in [6, 6.07) is 1.58. The van der Waals surface area contributed by atoms with Gasteiger partial charge in [-0.25, -0.2) is 0 Å². The van der Waals surface area contributed by atoms with Crippen LogP contribution in [-0.4, -0.2) is 21.9 Å². The van der Waals surface area contributed by atoms with Gasteiger partial charge in [-0.2, -0.15) is 5.26 Å². The zero-order valence-electron chi connectivity index (χ0n) is 5.24. The molecule has 0 aromatic rings. The van der Waals surface area contributed by atoms with Gasteiger partial charge in [0.1, 0.15) is 5.72 Å². The smallest absolute Gasteiger partial charge is 0.307 e. The van der Waals surface area contributed by atoms with Crippen LogP contribution in [0.3, 0.4) is 0 Å². The molecule has 0 aromatic heterocycles. The molecule has 0 aliphatic heterocycles. The van der Waals surface area contributed by atoms with E-state index in [-0.39, 0.29) is 6.42 Å². The van der Waals surface area contributed by atoms with E-state index in [1.54, 1.807) is 6.07 Å². The number of aliphatic hydroxyl groups is 1. The van der Waals surface area contributed by atoms with Gasteiger partial charge in [0.05, 0.1) is 18.9 Å². The van der Waals surface area contributed by atoms with E-state index in [4.69, 9.17) is 21.2 Å². The van der Waals surface area contributed by atoms with Crippen molar-refractivity contribution in [3.8, 4) is 6.07 Å². The second-order valence-corrected chi connectivity index (χ2v) is 2.01. The Morgan fingerprint density at radius 2 is 2.30 bits per heavy atom. The highest BCUT2D eigenvalue weighted by molar-refractivity contribution is 5.68. The van der Waals surface area contributed by atoms with Gasteiger partial charge in [0.2, 0.25) is 0 Å². The maximum Gasteiger partial charge on any atom is 0.307 e. The van der Waals surface area contributed by atoms with E-state index in [1.807, 2.05) is 0 Å². The Bertz CT molecular complexity index is 170. The first-order chi connectivity index (χ1) is 4.48. The Hall–Kier alpha value is -1.12. The normalized spacial score (nSPS) is 15.3. The zero-order valence-corrected chi connectivity index (χ0v) is 5.24. The molecule has 1 unspecified atom stereocenters. The molecule has 0 amide bonds. The molecular weight excluding hydrogens is 136 g/mol. The predicted octanol–water partition coefficient (Wildman–Crippen LogP) is -0.978. The van der Waals surface area contributed by atoms with Crippen LogP contribution in [0.2, 0.25) is 0 Å². The Labute approximate surface area is 57.7 Å². The summed E-state index contributed by atoms with van der Waals surface area (Å²) < 4.78 is 0. The van der Waals surface area contributed by atoms with Gasteiger partial charge >= 0.3 is 5.97 Å². The van der Waals surface area contributed by atoms with E-state index >= 15 is 0 Å². The lowest BCUT2D eigenvalue weighted by atomic mass is 10.1. The third kappa shape index (κ3) is 3.83. The van der Waals surface area contributed by atoms with Crippen LogP contribution in [0, 0.1) is 11.3 Å². The SMILES string of the molecule is N#CCC(N)(O)CC(=O)O. The van der Waals surface area contributed by atoms with E-state index in [0.29, 0.717) is 0 Å². The van der Waals surface area contributed by atoms with E-state index in [9.17, 15) is 4.79 Å². The number of hydrogen-bond donors (Lipinski definition) is 3. The van der Waals surface area contributed by atoms with Gasteiger partial charge in [0.15, 0.2) is 0 Å². The summed E-state index contributed by atoms with van der Waals surface area (Å²) in [5, 5.41) is 25.0. The average molecular weight is 144 g/mol. The van der Waals surface area contributed by atoms with Crippen molar-refractivity contribution in [2.45, 2.75) is 18.6 Å². The number of carbonyl (C=O) groups is 1. The molecule has 0 aliphatic rings. The first-order valence-electron chi connectivity index (χ1n) is 2.58. The number of nitriles is 1. The van der Waals surface area contributed by atoms with Gasteiger partial charge in [0, 0.05) is 0 Å². The highest BCUT2D eigenvalue weighted by atomic mass is 16.4. The van der Waals surface area contributed by atoms with Crippen molar-refractivity contribution in [1.29, 1.82) is 5.26 Å². The van der Waals surface area contributed by atoms with Gasteiger partial charge in [-0.3, -0.25) is 4.79 Å². The van der Waals surface area contributed by atoms with Crippen LogP contribution in [-0.2, 0) is 4.79 Å². The van der Waals surface area contributed by atoms with Crippen molar-refractivity contribution in [2.24, 2.45) is 5.73 Å². The molecule has 0 fully saturated rings. The number of nitrogens with two attached hydrogens (primary N) is 1. The first-order valence-corrected chi connectivity index (χ1v) is 2.58. The third-order valence-corrected chi connectivity index (χ3v) is 0.843. The molecule has 0 radical (unpaired) electrons. The lowest BCUT2D eigenvalue weighted by Gasteiger charge is -2.15. The van der Waals surface area contributed by atoms with Crippen LogP contribution in [0.1, 0.15) is 12.8 Å². The lowest BCUT2D eigenvalue weighted by Crippen LogP contribution is -2.41. The summed E-state index contributed by atoms with van der Waals surface area (Å²) in [4.78, 5) is 9.94. The molecule has 0 spiro atoms. The highest BCUT2D eigenvalue weighted by Gasteiger charge is 2.23. The number of aliphatic carboxylic acids is 1. The van der Waals surface area contributed by atoms with E-state index in [1.165, 1.54) is 0 Å². The van der Waals surface area contributed by atoms with Crippen molar-refractivity contribution in [3.05, 3.63) is 0 Å². The highest BCUT2D eigenvalue weighted by Crippen LogP contribution is 2.05. The fourth-order valence-electron chi connectivity index (χ4n) is 0.461. The average Bonchev–Trinajstić information content (AvgIpc) is 1.59. The molecule has 0 aromatic carbocycles. The summed E-state index contributed by atoms with van der Waals surface area (Å²) in [6.07, 6.45) is -0.986. The maximum absolute atomic E-state index is 9.94. The molecule has 0 bridgehead atoms. The second kappa shape index (κ2) is 3.15. The number of nitrogens with zero attached hydrogens (tertiary/aromatic N) is 1. The van der Waals surface area contributed by atoms with Crippen molar-refractivity contribution in [1.82, 2.24) is 0 Å². The molecule has 0 rings (SSSR count). The number of rotatable bonds is 3. The maximum atomic E-state index is 9.94. The minimum atomic E-state index is -1.89. The minimum Gasteiger partial charge on any atom is -0.481 e. The number of carboxylic acid groups (broad SMARTS) is 1. The molecule has 1 atom stereocenters. The van der Waals surface area contributed by atoms with Gasteiger partial charge in [-0.05, 0) is 0 Å². The van der Waals surface area contributed by atoms with Crippen molar-refractivity contribution in [2.75, 3.05) is 0 Å². The zero-order chi connectivity index (χ0) is 8.20. The minimum absolute atomic E-state index is 0.376. The Morgan fingerprint density at radius 1 is 1.80 bits per heavy atom. The van der Waals surface area contributed by atoms with Crippen molar-refractivity contribution in [3.63, 3.8) is 0 Å². The molecule has 5 nitrogen and oxygen atoms in total. The Morgan fingerprint density at radius 3 is 2.60 bits per heavy atom. The van der Waals surface area contributed by atoms with Crippen molar-refractivity contribution < 1.29 is 15.0 Å². The molecule has 0 aliphatic carbocycles. The number of hydrogen-bond acceptors (Lipinski definition) is 4. The summed E-state index contributed by atoms with van der Waals surface area (Å²) in [5.41, 5.74) is 3.09. The number of carboxylic acids is 1. The Balaban J connectivity index is 3.89. The molecule has 4 N–H and O–H groups in total. The first kappa shape index (κ1) is 8.88. The summed E-state index contributed by atoms with van der Waals surface area (Å²) in [6.45, 7) is 0. The predicted molar refractivity (Wildman–Crippen MR) is 31.6 cm³/mol. The fraction of sp³-hybridized carbons (Fsp3) is 0.600. The lowest BCUT2D eigenvalue weighted by molar-refractivity contribution is -0.142. The second-order valence-electron chi connectivity index (χ2n) is 2.01. The van der Waals surface area contributed by atoms with Gasteiger partial charge in [0.25, 0.3) is 0 Å². The largest absolute Gasteiger partial charge is 0.481 e. The monoisotopic (exact) mass is 144 g/mol. The van der Waals surface area contributed by atoms with E-state index < -0.39 is 18.1 Å². The van der Waals surface area contributed by atoms with E-state index in [2.05, 4.69) is 0 Å². The van der Waals surface area contributed by atoms with Crippen LogP contribution in [0.15, 0.2) is 0 Å². The van der Waals surface area contributed by atoms with Crippen LogP contribution in [0.5, 0.6) is 0 Å². The van der Waals surface area contributed by atoms with Gasteiger partial charge in [-0.15, -0.1) is 0 Å². The standard InChI is InChI=1S/C5H8N2O3/c6-2-1-5(7,10)3-4(8)9/h10H,1,3,7H2,(H,8,9). The molecule has 5 heteroatoms. The molecule has 10 heavy (non-hydrogen) atoms. The third-order valence-electron chi connectivity index (χ3n) is 0.843. The molecule has 0 saturated heterocycles. The van der Waals surface area contributed by atoms with Gasteiger partial charge < -0.3 is 15.9 Å². The van der Waals surface area contributed by atoms with Crippen LogP contribution in [0.25, 0.3) is 0 Å². The van der Waals surface area contributed by atoms with Crippen molar-refractivity contribution >= 4 is 5.97 Å². The van der Waals surface area contributed by atoms with E-state index in [0.717, 1.165) is 0 Å². The summed E-state index contributed by atoms with van der Waals surface area (Å²) >= 11 is 0. The molecule has 0 heterocycles. The summed E-state index contributed by atoms with van der Waals surface area (Å²) in [5.74, 6) is -1.22. The summed E-state index contributed by atoms with van der Waals surface area (Å²) in [7, 11) is 0. The fourth-order valence-corrected chi connectivity index (χ4v) is 0.461. The van der Waals surface area contributed by atoms with Crippen LogP contribution >= 0.6 is 0 Å². The topological polar surface area (TPSA) is 107 Å². The molecule has 56 valence electrons. The van der Waals surface area contributed by atoms with Crippen LogP contribution < -0.4 is 5.73 Å². The quantitative estimate of drug-likeness (QED) is 0.441.